The van der Waals surface area contributed by atoms with Crippen LogP contribution >= 0.6 is 0 Å². The molecule has 0 amide bonds. The Hall–Kier alpha value is -3.74. The number of rotatable bonds is 3. The second-order valence-electron chi connectivity index (χ2n) is 7.32. The molecule has 3 aliphatic heterocycles. The molecular weight excluding hydrogens is 382 g/mol. The highest BCUT2D eigenvalue weighted by Crippen LogP contribution is 2.50. The Morgan fingerprint density at radius 3 is 2.83 bits per heavy atom. The fourth-order valence-corrected chi connectivity index (χ4v) is 4.21. The van der Waals surface area contributed by atoms with Crippen molar-refractivity contribution in [1.29, 1.82) is 0 Å². The standard InChI is InChI=1S/C23H19N3O4/c1-27-20-7-4-5-15-18-12-17(14-8-9-19-21(11-14)29-13-28-19)25-26(18)23(30-22(15)20)16-6-2-3-10-24-16/h2-11,18,23H,12-13H2,1H3/t18-,23+/m1/s1. The summed E-state index contributed by atoms with van der Waals surface area (Å²) in [5.74, 6) is 2.98. The maximum Gasteiger partial charge on any atom is 0.231 e. The predicted octanol–water partition coefficient (Wildman–Crippen LogP) is 4.06. The fourth-order valence-electron chi connectivity index (χ4n) is 4.21. The molecule has 0 N–H and O–H groups in total. The van der Waals surface area contributed by atoms with Gasteiger partial charge in [0, 0.05) is 23.7 Å². The molecule has 150 valence electrons. The molecular formula is C23H19N3O4. The second kappa shape index (κ2) is 6.66. The van der Waals surface area contributed by atoms with Gasteiger partial charge in [-0.15, -0.1) is 0 Å². The normalized spacial score (nSPS) is 20.8. The lowest BCUT2D eigenvalue weighted by molar-refractivity contribution is -0.0236. The van der Waals surface area contributed by atoms with E-state index in [1.54, 1.807) is 13.3 Å². The number of ether oxygens (including phenoxy) is 4. The van der Waals surface area contributed by atoms with E-state index >= 15 is 0 Å². The zero-order chi connectivity index (χ0) is 20.1. The first-order chi connectivity index (χ1) is 14.8. The highest BCUT2D eigenvalue weighted by Gasteiger charge is 2.42. The van der Waals surface area contributed by atoms with Crippen molar-refractivity contribution in [3.8, 4) is 23.0 Å². The molecule has 0 bridgehead atoms. The first-order valence-electron chi connectivity index (χ1n) is 9.82. The third kappa shape index (κ3) is 2.58. The van der Waals surface area contributed by atoms with E-state index in [4.69, 9.17) is 24.0 Å². The molecule has 3 aromatic rings. The van der Waals surface area contributed by atoms with Crippen LogP contribution in [0.4, 0.5) is 0 Å². The summed E-state index contributed by atoms with van der Waals surface area (Å²) in [7, 11) is 1.66. The Bertz CT molecular complexity index is 1150. The fraction of sp³-hybridized carbons (Fsp3) is 0.217. The van der Waals surface area contributed by atoms with E-state index in [1.807, 2.05) is 53.5 Å². The van der Waals surface area contributed by atoms with Crippen molar-refractivity contribution < 1.29 is 18.9 Å². The van der Waals surface area contributed by atoms with Crippen molar-refractivity contribution in [1.82, 2.24) is 9.99 Å². The summed E-state index contributed by atoms with van der Waals surface area (Å²) in [5, 5.41) is 6.97. The second-order valence-corrected chi connectivity index (χ2v) is 7.32. The molecule has 0 spiro atoms. The molecule has 6 rings (SSSR count). The van der Waals surface area contributed by atoms with E-state index < -0.39 is 6.23 Å². The summed E-state index contributed by atoms with van der Waals surface area (Å²) in [5.41, 5.74) is 3.84. The average Bonchev–Trinajstić information content (AvgIpc) is 3.45. The van der Waals surface area contributed by atoms with Gasteiger partial charge in [-0.1, -0.05) is 18.2 Å². The molecule has 3 aliphatic rings. The molecule has 0 unspecified atom stereocenters. The zero-order valence-electron chi connectivity index (χ0n) is 16.3. The van der Waals surface area contributed by atoms with Gasteiger partial charge in [0.05, 0.1) is 18.9 Å². The lowest BCUT2D eigenvalue weighted by Crippen LogP contribution is -2.34. The van der Waals surface area contributed by atoms with E-state index in [-0.39, 0.29) is 12.8 Å². The SMILES string of the molecule is COc1cccc2c1O[C@@H](c1ccccn1)N1N=C(c3ccc4c(c3)OCO4)C[C@H]21. The van der Waals surface area contributed by atoms with Gasteiger partial charge in [-0.2, -0.15) is 5.10 Å². The van der Waals surface area contributed by atoms with Crippen molar-refractivity contribution >= 4 is 5.71 Å². The number of hydrogen-bond donors (Lipinski definition) is 0. The minimum absolute atomic E-state index is 0.0243. The van der Waals surface area contributed by atoms with Gasteiger partial charge >= 0.3 is 0 Å². The summed E-state index contributed by atoms with van der Waals surface area (Å²) in [6, 6.07) is 17.7. The lowest BCUT2D eigenvalue weighted by atomic mass is 9.96. The van der Waals surface area contributed by atoms with E-state index in [1.165, 1.54) is 0 Å². The number of hydrazone groups is 1. The van der Waals surface area contributed by atoms with Crippen molar-refractivity contribution in [2.75, 3.05) is 13.9 Å². The molecule has 0 aliphatic carbocycles. The van der Waals surface area contributed by atoms with Crippen LogP contribution in [0, 0.1) is 0 Å². The maximum atomic E-state index is 6.40. The number of methoxy groups -OCH3 is 1. The predicted molar refractivity (Wildman–Crippen MR) is 109 cm³/mol. The van der Waals surface area contributed by atoms with Crippen LogP contribution in [-0.4, -0.2) is 29.6 Å². The smallest absolute Gasteiger partial charge is 0.231 e. The highest BCUT2D eigenvalue weighted by molar-refractivity contribution is 6.02. The molecule has 4 heterocycles. The number of nitrogens with zero attached hydrogens (tertiary/aromatic N) is 3. The summed E-state index contributed by atoms with van der Waals surface area (Å²) >= 11 is 0. The lowest BCUT2D eigenvalue weighted by Gasteiger charge is -2.38. The molecule has 0 saturated carbocycles. The number of aromatic nitrogens is 1. The van der Waals surface area contributed by atoms with Crippen molar-refractivity contribution in [3.63, 3.8) is 0 Å². The molecule has 7 heteroatoms. The van der Waals surface area contributed by atoms with Gasteiger partial charge in [-0.05, 0) is 36.4 Å². The number of hydrogen-bond acceptors (Lipinski definition) is 7. The Balaban J connectivity index is 1.45. The van der Waals surface area contributed by atoms with Gasteiger partial charge < -0.3 is 18.9 Å². The number of fused-ring (bicyclic) bond motifs is 4. The monoisotopic (exact) mass is 401 g/mol. The van der Waals surface area contributed by atoms with Crippen molar-refractivity contribution in [2.24, 2.45) is 5.10 Å². The minimum Gasteiger partial charge on any atom is -0.493 e. The van der Waals surface area contributed by atoms with Gasteiger partial charge in [-0.3, -0.25) is 4.98 Å². The molecule has 0 fully saturated rings. The van der Waals surface area contributed by atoms with Gasteiger partial charge in [0.2, 0.25) is 13.0 Å². The van der Waals surface area contributed by atoms with Crippen LogP contribution in [0.3, 0.4) is 0 Å². The Morgan fingerprint density at radius 1 is 1.03 bits per heavy atom. The zero-order valence-corrected chi connectivity index (χ0v) is 16.3. The first kappa shape index (κ1) is 17.1. The van der Waals surface area contributed by atoms with E-state index in [0.29, 0.717) is 5.75 Å². The Morgan fingerprint density at radius 2 is 1.97 bits per heavy atom. The number of para-hydroxylation sites is 1. The van der Waals surface area contributed by atoms with Crippen LogP contribution in [0.25, 0.3) is 0 Å². The van der Waals surface area contributed by atoms with Crippen LogP contribution in [0.2, 0.25) is 0 Å². The average molecular weight is 401 g/mol. The molecule has 2 atom stereocenters. The quantitative estimate of drug-likeness (QED) is 0.659. The topological polar surface area (TPSA) is 65.4 Å². The first-order valence-corrected chi connectivity index (χ1v) is 9.82. The number of benzene rings is 2. The van der Waals surface area contributed by atoms with Gasteiger partial charge in [0.15, 0.2) is 23.0 Å². The third-order valence-corrected chi connectivity index (χ3v) is 5.65. The highest BCUT2D eigenvalue weighted by atomic mass is 16.7. The largest absolute Gasteiger partial charge is 0.493 e. The summed E-state index contributed by atoms with van der Waals surface area (Å²) in [6.45, 7) is 0.253. The minimum atomic E-state index is -0.438. The number of pyridine rings is 1. The van der Waals surface area contributed by atoms with Gasteiger partial charge in [0.1, 0.15) is 5.69 Å². The van der Waals surface area contributed by atoms with Crippen LogP contribution in [-0.2, 0) is 0 Å². The molecule has 0 saturated heterocycles. The van der Waals surface area contributed by atoms with Gasteiger partial charge in [0.25, 0.3) is 0 Å². The third-order valence-electron chi connectivity index (χ3n) is 5.65. The molecule has 2 aromatic carbocycles. The molecule has 30 heavy (non-hydrogen) atoms. The molecule has 0 radical (unpaired) electrons. The maximum absolute atomic E-state index is 6.40. The Kier molecular flexibility index (Phi) is 3.80. The van der Waals surface area contributed by atoms with Crippen molar-refractivity contribution in [3.05, 3.63) is 77.6 Å². The van der Waals surface area contributed by atoms with Crippen LogP contribution in [0.15, 0.2) is 65.9 Å². The van der Waals surface area contributed by atoms with Crippen LogP contribution < -0.4 is 18.9 Å². The van der Waals surface area contributed by atoms with Crippen LogP contribution in [0.5, 0.6) is 23.0 Å². The van der Waals surface area contributed by atoms with Crippen LogP contribution in [0.1, 0.15) is 35.5 Å². The summed E-state index contributed by atoms with van der Waals surface area (Å²) in [6.07, 6.45) is 2.07. The Labute approximate surface area is 173 Å². The summed E-state index contributed by atoms with van der Waals surface area (Å²) < 4.78 is 23.0. The van der Waals surface area contributed by atoms with E-state index in [9.17, 15) is 0 Å². The van der Waals surface area contributed by atoms with Gasteiger partial charge in [-0.25, -0.2) is 5.01 Å². The molecule has 1 aromatic heterocycles. The molecule has 7 nitrogen and oxygen atoms in total. The summed E-state index contributed by atoms with van der Waals surface area (Å²) in [4.78, 5) is 4.52. The van der Waals surface area contributed by atoms with E-state index in [0.717, 1.165) is 46.2 Å². The van der Waals surface area contributed by atoms with Crippen molar-refractivity contribution in [2.45, 2.75) is 18.7 Å². The van der Waals surface area contributed by atoms with E-state index in [2.05, 4.69) is 11.1 Å².